The molecule has 0 aliphatic rings. The molecule has 10 nitrogen and oxygen atoms in total. The van der Waals surface area contributed by atoms with Gasteiger partial charge in [-0.2, -0.15) is 0 Å². The van der Waals surface area contributed by atoms with Crippen LogP contribution in [0, 0.1) is 23.8 Å². The molecule has 0 saturated carbocycles. The number of amides is 2. The number of nitro groups is 2. The van der Waals surface area contributed by atoms with E-state index in [0.29, 0.717) is 11.3 Å². The predicted molar refractivity (Wildman–Crippen MR) is 150 cm³/mol. The molecule has 1 unspecified atom stereocenters. The number of halogens is 1. The second-order valence-corrected chi connectivity index (χ2v) is 9.28. The Morgan fingerprint density at radius 3 is 1.97 bits per heavy atom. The SMILES string of the molecule is O=C(Nc1ccc([N+](=O)[O-])cc1)C(c1ccccc1)N(C(=O)c1ccccc1[N+](=O)[O-])c1ccc(I)cc1. The van der Waals surface area contributed by atoms with Gasteiger partial charge in [-0.1, -0.05) is 42.5 Å². The average molecular weight is 622 g/mol. The third-order valence-electron chi connectivity index (χ3n) is 5.62. The Hall–Kier alpha value is -4.65. The Kier molecular flexibility index (Phi) is 8.06. The monoisotopic (exact) mass is 622 g/mol. The first-order valence-electron chi connectivity index (χ1n) is 11.2. The van der Waals surface area contributed by atoms with Gasteiger partial charge in [0.15, 0.2) is 0 Å². The van der Waals surface area contributed by atoms with Gasteiger partial charge in [0.05, 0.1) is 9.85 Å². The number of hydrogen-bond donors (Lipinski definition) is 1. The Morgan fingerprint density at radius 2 is 1.37 bits per heavy atom. The number of nitro benzene ring substituents is 2. The normalized spacial score (nSPS) is 11.3. The quantitative estimate of drug-likeness (QED) is 0.143. The molecule has 0 fully saturated rings. The molecular formula is C27H19IN4O6. The first-order chi connectivity index (χ1) is 18.3. The topological polar surface area (TPSA) is 136 Å². The lowest BCUT2D eigenvalue weighted by Crippen LogP contribution is -2.41. The number of rotatable bonds is 8. The van der Waals surface area contributed by atoms with E-state index in [1.165, 1.54) is 53.4 Å². The summed E-state index contributed by atoms with van der Waals surface area (Å²) in [6.07, 6.45) is 0. The lowest BCUT2D eigenvalue weighted by Gasteiger charge is -2.31. The summed E-state index contributed by atoms with van der Waals surface area (Å²) in [5, 5.41) is 25.5. The van der Waals surface area contributed by atoms with Crippen molar-refractivity contribution in [1.29, 1.82) is 0 Å². The highest BCUT2D eigenvalue weighted by Crippen LogP contribution is 2.33. The molecule has 190 valence electrons. The lowest BCUT2D eigenvalue weighted by atomic mass is 10.0. The van der Waals surface area contributed by atoms with E-state index in [-0.39, 0.29) is 16.9 Å². The third-order valence-corrected chi connectivity index (χ3v) is 6.34. The Bertz CT molecular complexity index is 1490. The van der Waals surface area contributed by atoms with Gasteiger partial charge in [-0.3, -0.25) is 34.7 Å². The molecule has 1 atom stereocenters. The van der Waals surface area contributed by atoms with Gasteiger partial charge in [0.1, 0.15) is 11.6 Å². The summed E-state index contributed by atoms with van der Waals surface area (Å²) in [5.41, 5.74) is 0.367. The Balaban J connectivity index is 1.85. The van der Waals surface area contributed by atoms with E-state index >= 15 is 0 Å². The van der Waals surface area contributed by atoms with Crippen molar-refractivity contribution in [1.82, 2.24) is 0 Å². The van der Waals surface area contributed by atoms with Gasteiger partial charge in [0.25, 0.3) is 23.2 Å². The third kappa shape index (κ3) is 5.83. The zero-order valence-electron chi connectivity index (χ0n) is 19.6. The summed E-state index contributed by atoms with van der Waals surface area (Å²) in [5.74, 6) is -1.36. The summed E-state index contributed by atoms with van der Waals surface area (Å²) >= 11 is 2.11. The number of hydrogen-bond acceptors (Lipinski definition) is 6. The van der Waals surface area contributed by atoms with Crippen LogP contribution in [-0.2, 0) is 4.79 Å². The number of carbonyl (C=O) groups is 2. The summed E-state index contributed by atoms with van der Waals surface area (Å²) < 4.78 is 0.885. The van der Waals surface area contributed by atoms with E-state index in [4.69, 9.17) is 0 Å². The molecule has 4 aromatic rings. The van der Waals surface area contributed by atoms with Gasteiger partial charge in [-0.15, -0.1) is 0 Å². The molecule has 38 heavy (non-hydrogen) atoms. The van der Waals surface area contributed by atoms with Gasteiger partial charge < -0.3 is 5.32 Å². The van der Waals surface area contributed by atoms with Crippen LogP contribution in [0.2, 0.25) is 0 Å². The molecule has 11 heteroatoms. The fourth-order valence-electron chi connectivity index (χ4n) is 3.86. The molecule has 0 spiro atoms. The van der Waals surface area contributed by atoms with Crippen LogP contribution in [0.3, 0.4) is 0 Å². The Labute approximate surface area is 230 Å². The molecule has 0 aromatic heterocycles. The summed E-state index contributed by atoms with van der Waals surface area (Å²) in [6.45, 7) is 0. The van der Waals surface area contributed by atoms with Crippen LogP contribution in [0.4, 0.5) is 22.7 Å². The van der Waals surface area contributed by atoms with Crippen molar-refractivity contribution in [2.45, 2.75) is 6.04 Å². The fraction of sp³-hybridized carbons (Fsp3) is 0.0370. The zero-order chi connectivity index (χ0) is 27.2. The minimum absolute atomic E-state index is 0.144. The molecule has 0 aliphatic heterocycles. The lowest BCUT2D eigenvalue weighted by molar-refractivity contribution is -0.385. The molecule has 4 rings (SSSR count). The van der Waals surface area contributed by atoms with E-state index in [1.54, 1.807) is 54.6 Å². The van der Waals surface area contributed by atoms with Crippen molar-refractivity contribution in [2.75, 3.05) is 10.2 Å². The van der Waals surface area contributed by atoms with Gasteiger partial charge >= 0.3 is 0 Å². The first kappa shape index (κ1) is 26.4. The highest BCUT2D eigenvalue weighted by atomic mass is 127. The van der Waals surface area contributed by atoms with Crippen LogP contribution < -0.4 is 10.2 Å². The second-order valence-electron chi connectivity index (χ2n) is 8.03. The van der Waals surface area contributed by atoms with E-state index in [0.717, 1.165) is 3.57 Å². The highest BCUT2D eigenvalue weighted by Gasteiger charge is 2.36. The standard InChI is InChI=1S/C27H19IN4O6/c28-19-10-14-21(15-11-19)30(27(34)23-8-4-5-9-24(23)32(37)38)25(18-6-2-1-3-7-18)26(33)29-20-12-16-22(17-13-20)31(35)36/h1-17,25H,(H,29,33). The van der Waals surface area contributed by atoms with Gasteiger partial charge in [0, 0.05) is 33.1 Å². The molecular weight excluding hydrogens is 603 g/mol. The van der Waals surface area contributed by atoms with Gasteiger partial charge in [-0.05, 0) is 70.6 Å². The van der Waals surface area contributed by atoms with Gasteiger partial charge in [-0.25, -0.2) is 0 Å². The van der Waals surface area contributed by atoms with Crippen LogP contribution in [0.5, 0.6) is 0 Å². The maximum Gasteiger partial charge on any atom is 0.282 e. The van der Waals surface area contributed by atoms with Crippen molar-refractivity contribution in [3.63, 3.8) is 0 Å². The number of nitrogens with zero attached hydrogens (tertiary/aromatic N) is 3. The molecule has 4 aromatic carbocycles. The van der Waals surface area contributed by atoms with E-state index in [9.17, 15) is 29.8 Å². The number of benzene rings is 4. The predicted octanol–water partition coefficient (Wildman–Crippen LogP) is 6.13. The average Bonchev–Trinajstić information content (AvgIpc) is 2.92. The molecule has 2 amide bonds. The van der Waals surface area contributed by atoms with Crippen molar-refractivity contribution in [3.05, 3.63) is 138 Å². The van der Waals surface area contributed by atoms with Crippen molar-refractivity contribution >= 4 is 57.2 Å². The van der Waals surface area contributed by atoms with Crippen molar-refractivity contribution < 1.29 is 19.4 Å². The number of nitrogens with one attached hydrogen (secondary N) is 1. The molecule has 0 saturated heterocycles. The second kappa shape index (κ2) is 11.6. The molecule has 0 heterocycles. The maximum atomic E-state index is 14.0. The van der Waals surface area contributed by atoms with E-state index in [1.807, 2.05) is 0 Å². The number of non-ortho nitro benzene ring substituents is 1. The van der Waals surface area contributed by atoms with Gasteiger partial charge in [0.2, 0.25) is 0 Å². The van der Waals surface area contributed by atoms with Crippen LogP contribution in [-0.4, -0.2) is 21.7 Å². The van der Waals surface area contributed by atoms with Crippen LogP contribution in [0.15, 0.2) is 103 Å². The fourth-order valence-corrected chi connectivity index (χ4v) is 4.22. The van der Waals surface area contributed by atoms with Crippen molar-refractivity contribution in [3.8, 4) is 0 Å². The zero-order valence-corrected chi connectivity index (χ0v) is 21.7. The highest BCUT2D eigenvalue weighted by molar-refractivity contribution is 14.1. The van der Waals surface area contributed by atoms with E-state index < -0.39 is 33.4 Å². The molecule has 0 bridgehead atoms. The largest absolute Gasteiger partial charge is 0.324 e. The molecule has 0 radical (unpaired) electrons. The number of carbonyl (C=O) groups excluding carboxylic acids is 2. The molecule has 0 aliphatic carbocycles. The molecule has 1 N–H and O–H groups in total. The maximum absolute atomic E-state index is 14.0. The minimum Gasteiger partial charge on any atom is -0.324 e. The summed E-state index contributed by atoms with van der Waals surface area (Å²) in [4.78, 5) is 50.6. The van der Waals surface area contributed by atoms with Crippen LogP contribution in [0.1, 0.15) is 22.0 Å². The first-order valence-corrected chi connectivity index (χ1v) is 12.3. The minimum atomic E-state index is -1.24. The van der Waals surface area contributed by atoms with Crippen LogP contribution >= 0.6 is 22.6 Å². The van der Waals surface area contributed by atoms with Crippen molar-refractivity contribution in [2.24, 2.45) is 0 Å². The smallest absolute Gasteiger partial charge is 0.282 e. The van der Waals surface area contributed by atoms with Crippen LogP contribution in [0.25, 0.3) is 0 Å². The Morgan fingerprint density at radius 1 is 0.763 bits per heavy atom. The summed E-state index contributed by atoms with van der Waals surface area (Å²) in [6, 6.07) is 24.9. The summed E-state index contributed by atoms with van der Waals surface area (Å²) in [7, 11) is 0. The van der Waals surface area contributed by atoms with E-state index in [2.05, 4.69) is 27.9 Å². The number of anilines is 2. The number of para-hydroxylation sites is 1.